The van der Waals surface area contributed by atoms with Crippen LogP contribution in [-0.4, -0.2) is 22.9 Å². The number of para-hydroxylation sites is 1. The van der Waals surface area contributed by atoms with Crippen molar-refractivity contribution in [2.75, 3.05) is 16.8 Å². The minimum atomic E-state index is -0.323. The minimum absolute atomic E-state index is 0.101. The topological polar surface area (TPSA) is 49.3 Å². The highest BCUT2D eigenvalue weighted by Crippen LogP contribution is 2.39. The average Bonchev–Trinajstić information content (AvgIpc) is 2.74. The van der Waals surface area contributed by atoms with Gasteiger partial charge in [-0.05, 0) is 41.4 Å². The predicted octanol–water partition coefficient (Wildman–Crippen LogP) is 4.20. The van der Waals surface area contributed by atoms with Crippen molar-refractivity contribution >= 4 is 34.7 Å². The minimum Gasteiger partial charge on any atom is -0.327 e. The molecule has 130 valence electrons. The van der Waals surface area contributed by atoms with E-state index in [2.05, 4.69) is 9.97 Å². The van der Waals surface area contributed by atoms with Crippen molar-refractivity contribution in [3.05, 3.63) is 77.0 Å². The van der Waals surface area contributed by atoms with E-state index in [1.54, 1.807) is 23.1 Å². The smallest absolute Gasteiger partial charge is 0.260 e. The summed E-state index contributed by atoms with van der Waals surface area (Å²) in [6.07, 6.45) is 1.54. The number of carbonyl (C=O) groups is 1. The van der Waals surface area contributed by atoms with Gasteiger partial charge < -0.3 is 4.90 Å². The number of hydrogen-bond donors (Lipinski definition) is 0. The van der Waals surface area contributed by atoms with Crippen molar-refractivity contribution in [1.82, 2.24) is 9.97 Å². The number of benzene rings is 2. The Labute approximate surface area is 154 Å². The first kappa shape index (κ1) is 16.5. The van der Waals surface area contributed by atoms with Gasteiger partial charge in [-0.3, -0.25) is 9.69 Å². The molecule has 0 saturated carbocycles. The largest absolute Gasteiger partial charge is 0.327 e. The normalized spacial score (nSPS) is 13.3. The van der Waals surface area contributed by atoms with Gasteiger partial charge in [-0.25, -0.2) is 9.37 Å². The molecule has 4 rings (SSSR count). The van der Waals surface area contributed by atoms with E-state index in [0.29, 0.717) is 17.1 Å². The van der Waals surface area contributed by atoms with Crippen LogP contribution in [0, 0.1) is 5.82 Å². The average molecular weight is 369 g/mol. The Morgan fingerprint density at radius 3 is 2.58 bits per heavy atom. The molecule has 1 aliphatic rings. The Balaban J connectivity index is 1.88. The summed E-state index contributed by atoms with van der Waals surface area (Å²) >= 11 is 5.99. The first-order valence-electron chi connectivity index (χ1n) is 7.96. The first-order valence-corrected chi connectivity index (χ1v) is 8.34. The second kappa shape index (κ2) is 6.38. The maximum atomic E-state index is 13.2. The summed E-state index contributed by atoms with van der Waals surface area (Å²) in [4.78, 5) is 25.0. The zero-order chi connectivity index (χ0) is 18.3. The zero-order valence-corrected chi connectivity index (χ0v) is 14.6. The van der Waals surface area contributed by atoms with Crippen molar-refractivity contribution in [3.63, 3.8) is 0 Å². The fraction of sp³-hybridized carbons (Fsp3) is 0.105. The van der Waals surface area contributed by atoms with E-state index in [9.17, 15) is 9.18 Å². The summed E-state index contributed by atoms with van der Waals surface area (Å²) in [5, 5.41) is 0.101. The highest BCUT2D eigenvalue weighted by molar-refractivity contribution is 6.28. The molecule has 1 amide bonds. The van der Waals surface area contributed by atoms with Crippen molar-refractivity contribution in [2.45, 2.75) is 6.54 Å². The summed E-state index contributed by atoms with van der Waals surface area (Å²) in [6.45, 7) is 0.263. The number of rotatable bonds is 2. The lowest BCUT2D eigenvalue weighted by molar-refractivity contribution is 0.0986. The van der Waals surface area contributed by atoms with E-state index in [1.165, 1.54) is 18.3 Å². The molecule has 26 heavy (non-hydrogen) atoms. The Morgan fingerprint density at radius 2 is 1.81 bits per heavy atom. The summed E-state index contributed by atoms with van der Waals surface area (Å²) in [7, 11) is 1.83. The lowest BCUT2D eigenvalue weighted by atomic mass is 10.1. The van der Waals surface area contributed by atoms with Crippen LogP contribution in [0.1, 0.15) is 15.9 Å². The summed E-state index contributed by atoms with van der Waals surface area (Å²) < 4.78 is 13.2. The fourth-order valence-corrected chi connectivity index (χ4v) is 3.16. The number of aromatic nitrogens is 2. The molecule has 0 atom stereocenters. The maximum absolute atomic E-state index is 13.2. The van der Waals surface area contributed by atoms with E-state index in [4.69, 9.17) is 11.6 Å². The van der Waals surface area contributed by atoms with E-state index in [-0.39, 0.29) is 23.6 Å². The van der Waals surface area contributed by atoms with Crippen molar-refractivity contribution in [3.8, 4) is 0 Å². The molecule has 2 heterocycles. The van der Waals surface area contributed by atoms with Gasteiger partial charge in [0.15, 0.2) is 5.82 Å². The van der Waals surface area contributed by atoms with Crippen molar-refractivity contribution in [2.24, 2.45) is 0 Å². The Hall–Kier alpha value is -2.99. The number of hydrogen-bond acceptors (Lipinski definition) is 4. The Bertz CT molecular complexity index is 993. The molecule has 0 aliphatic carbocycles. The van der Waals surface area contributed by atoms with Crippen LogP contribution in [0.2, 0.25) is 5.28 Å². The summed E-state index contributed by atoms with van der Waals surface area (Å²) in [5.74, 6) is 0.0309. The number of nitrogens with zero attached hydrogens (tertiary/aromatic N) is 4. The van der Waals surface area contributed by atoms with Crippen LogP contribution in [0.4, 0.5) is 21.6 Å². The highest BCUT2D eigenvalue weighted by atomic mass is 35.5. The Kier molecular flexibility index (Phi) is 4.05. The number of anilines is 3. The molecule has 5 nitrogen and oxygen atoms in total. The van der Waals surface area contributed by atoms with E-state index >= 15 is 0 Å². The van der Waals surface area contributed by atoms with Crippen molar-refractivity contribution in [1.29, 1.82) is 0 Å². The SMILES string of the molecule is CN1c2ccccc2C(=O)N(Cc2ccc(F)cc2)c2cnc(Cl)nc21. The predicted molar refractivity (Wildman–Crippen MR) is 98.5 cm³/mol. The van der Waals surface area contributed by atoms with Gasteiger partial charge in [-0.2, -0.15) is 4.98 Å². The molecular formula is C19H14ClFN4O. The number of amides is 1. The third-order valence-electron chi connectivity index (χ3n) is 4.32. The summed E-state index contributed by atoms with van der Waals surface area (Å²) in [6, 6.07) is 13.4. The van der Waals surface area contributed by atoms with Gasteiger partial charge in [0.25, 0.3) is 5.91 Å². The van der Waals surface area contributed by atoms with Gasteiger partial charge >= 0.3 is 0 Å². The first-order chi connectivity index (χ1) is 12.5. The van der Waals surface area contributed by atoms with Crippen LogP contribution in [-0.2, 0) is 6.54 Å². The molecule has 1 aliphatic heterocycles. The summed E-state index contributed by atoms with van der Waals surface area (Å²) in [5.41, 5.74) is 2.62. The molecular weight excluding hydrogens is 355 g/mol. The highest BCUT2D eigenvalue weighted by Gasteiger charge is 2.30. The lowest BCUT2D eigenvalue weighted by Crippen LogP contribution is -2.30. The number of fused-ring (bicyclic) bond motifs is 2. The number of carbonyl (C=O) groups excluding carboxylic acids is 1. The lowest BCUT2D eigenvalue weighted by Gasteiger charge is -2.23. The maximum Gasteiger partial charge on any atom is 0.260 e. The van der Waals surface area contributed by atoms with Gasteiger partial charge in [0.2, 0.25) is 5.28 Å². The zero-order valence-electron chi connectivity index (χ0n) is 13.9. The molecule has 7 heteroatoms. The quantitative estimate of drug-likeness (QED) is 0.636. The van der Waals surface area contributed by atoms with E-state index in [1.807, 2.05) is 30.1 Å². The van der Waals surface area contributed by atoms with E-state index in [0.717, 1.165) is 11.3 Å². The molecule has 0 fully saturated rings. The van der Waals surface area contributed by atoms with Gasteiger partial charge in [-0.1, -0.05) is 24.3 Å². The molecule has 1 aromatic heterocycles. The standard InChI is InChI=1S/C19H14ClFN4O/c1-24-15-5-3-2-4-14(15)18(26)25(11-12-6-8-13(21)9-7-12)16-10-22-19(20)23-17(16)24/h2-10H,11H2,1H3. The molecule has 0 radical (unpaired) electrons. The monoisotopic (exact) mass is 368 g/mol. The second-order valence-corrected chi connectivity index (χ2v) is 6.28. The van der Waals surface area contributed by atoms with E-state index < -0.39 is 0 Å². The molecule has 2 aromatic carbocycles. The van der Waals surface area contributed by atoms with Gasteiger partial charge in [0.1, 0.15) is 11.5 Å². The van der Waals surface area contributed by atoms with Gasteiger partial charge in [0.05, 0.1) is 24.0 Å². The van der Waals surface area contributed by atoms with Crippen LogP contribution in [0.25, 0.3) is 0 Å². The van der Waals surface area contributed by atoms with Crippen LogP contribution < -0.4 is 9.80 Å². The third-order valence-corrected chi connectivity index (χ3v) is 4.51. The van der Waals surface area contributed by atoms with Crippen molar-refractivity contribution < 1.29 is 9.18 Å². The van der Waals surface area contributed by atoms with Crippen LogP contribution in [0.5, 0.6) is 0 Å². The Morgan fingerprint density at radius 1 is 1.08 bits per heavy atom. The molecule has 0 unspecified atom stereocenters. The molecule has 3 aromatic rings. The van der Waals surface area contributed by atoms with Crippen LogP contribution in [0.3, 0.4) is 0 Å². The van der Waals surface area contributed by atoms with Crippen LogP contribution in [0.15, 0.2) is 54.7 Å². The van der Waals surface area contributed by atoms with Crippen LogP contribution >= 0.6 is 11.6 Å². The fourth-order valence-electron chi connectivity index (χ4n) is 3.03. The third kappa shape index (κ3) is 2.78. The molecule has 0 bridgehead atoms. The molecule has 0 spiro atoms. The molecule has 0 N–H and O–H groups in total. The van der Waals surface area contributed by atoms with Gasteiger partial charge in [-0.15, -0.1) is 0 Å². The number of halogens is 2. The van der Waals surface area contributed by atoms with Gasteiger partial charge in [0, 0.05) is 7.05 Å². The molecule has 0 saturated heterocycles. The second-order valence-electron chi connectivity index (χ2n) is 5.94.